The van der Waals surface area contributed by atoms with Crippen molar-refractivity contribution in [2.45, 2.75) is 6.04 Å². The van der Waals surface area contributed by atoms with Gasteiger partial charge >= 0.3 is 0 Å². The van der Waals surface area contributed by atoms with Gasteiger partial charge in [0.15, 0.2) is 0 Å². The Morgan fingerprint density at radius 1 is 1.33 bits per heavy atom. The van der Waals surface area contributed by atoms with Crippen LogP contribution in [0.5, 0.6) is 0 Å². The second-order valence-corrected chi connectivity index (χ2v) is 7.27. The lowest BCUT2D eigenvalue weighted by molar-refractivity contribution is 0.144. The quantitative estimate of drug-likeness (QED) is 0.816. The summed E-state index contributed by atoms with van der Waals surface area (Å²) in [7, 11) is -0.00446. The molecule has 1 aromatic carbocycles. The Bertz CT molecular complexity index is 579. The molecule has 1 aromatic rings. The van der Waals surface area contributed by atoms with E-state index < -0.39 is 10.0 Å². The van der Waals surface area contributed by atoms with Gasteiger partial charge in [0.05, 0.1) is 18.4 Å². The molecule has 1 atom stereocenters. The standard InChI is InChI=1S/C14H21FN2O3S/c1-16-7-8-17(21(18,19)10-9-20-2)11-14(16)12-5-3-4-6-13(12)15/h3-6,14H,7-11H2,1-2H3. The molecule has 5 nitrogen and oxygen atoms in total. The van der Waals surface area contributed by atoms with Crippen LogP contribution in [-0.2, 0) is 14.8 Å². The molecule has 0 N–H and O–H groups in total. The van der Waals surface area contributed by atoms with Crippen LogP contribution in [-0.4, -0.2) is 63.8 Å². The molecule has 1 aliphatic rings. The average Bonchev–Trinajstić information content (AvgIpc) is 2.46. The molecular weight excluding hydrogens is 295 g/mol. The van der Waals surface area contributed by atoms with Crippen LogP contribution in [0.4, 0.5) is 4.39 Å². The first-order valence-electron chi connectivity index (χ1n) is 6.87. The second kappa shape index (κ2) is 6.83. The molecule has 7 heteroatoms. The Morgan fingerprint density at radius 2 is 2.05 bits per heavy atom. The van der Waals surface area contributed by atoms with Crippen LogP contribution in [0.25, 0.3) is 0 Å². The van der Waals surface area contributed by atoms with Crippen molar-refractivity contribution in [3.63, 3.8) is 0 Å². The van der Waals surface area contributed by atoms with Crippen LogP contribution in [0.2, 0.25) is 0 Å². The SMILES string of the molecule is COCCS(=O)(=O)N1CCN(C)C(c2ccccc2F)C1. The van der Waals surface area contributed by atoms with Crippen LogP contribution < -0.4 is 0 Å². The minimum absolute atomic E-state index is 0.0444. The van der Waals surface area contributed by atoms with E-state index in [2.05, 4.69) is 0 Å². The number of methoxy groups -OCH3 is 1. The topological polar surface area (TPSA) is 49.9 Å². The summed E-state index contributed by atoms with van der Waals surface area (Å²) in [4.78, 5) is 1.99. The van der Waals surface area contributed by atoms with Crippen LogP contribution in [0.3, 0.4) is 0 Å². The fourth-order valence-corrected chi connectivity index (χ4v) is 3.86. The van der Waals surface area contributed by atoms with E-state index in [1.807, 2.05) is 11.9 Å². The first-order valence-corrected chi connectivity index (χ1v) is 8.48. The number of likely N-dealkylation sites (N-methyl/N-ethyl adjacent to an activating group) is 1. The van der Waals surface area contributed by atoms with Gasteiger partial charge in [-0.3, -0.25) is 4.90 Å². The Hall–Kier alpha value is -1.02. The molecule has 0 saturated carbocycles. The zero-order chi connectivity index (χ0) is 15.5. The van der Waals surface area contributed by atoms with Gasteiger partial charge in [-0.1, -0.05) is 18.2 Å². The van der Waals surface area contributed by atoms with Gasteiger partial charge in [-0.15, -0.1) is 0 Å². The van der Waals surface area contributed by atoms with E-state index in [0.717, 1.165) is 0 Å². The highest BCUT2D eigenvalue weighted by molar-refractivity contribution is 7.89. The minimum Gasteiger partial charge on any atom is -0.384 e. The van der Waals surface area contributed by atoms with Crippen LogP contribution >= 0.6 is 0 Å². The van der Waals surface area contributed by atoms with E-state index >= 15 is 0 Å². The lowest BCUT2D eigenvalue weighted by Crippen LogP contribution is -2.50. The van der Waals surface area contributed by atoms with E-state index in [0.29, 0.717) is 18.7 Å². The van der Waals surface area contributed by atoms with Gasteiger partial charge in [0.25, 0.3) is 0 Å². The Labute approximate surface area is 125 Å². The van der Waals surface area contributed by atoms with Crippen molar-refractivity contribution >= 4 is 10.0 Å². The number of halogens is 1. The van der Waals surface area contributed by atoms with Crippen LogP contribution in [0.1, 0.15) is 11.6 Å². The third-order valence-corrected chi connectivity index (χ3v) is 5.61. The van der Waals surface area contributed by atoms with Crippen molar-refractivity contribution in [3.8, 4) is 0 Å². The molecule has 1 heterocycles. The first kappa shape index (κ1) is 16.4. The van der Waals surface area contributed by atoms with Crippen molar-refractivity contribution in [2.24, 2.45) is 0 Å². The van der Waals surface area contributed by atoms with Gasteiger partial charge in [-0.25, -0.2) is 12.8 Å². The van der Waals surface area contributed by atoms with E-state index in [9.17, 15) is 12.8 Å². The largest absolute Gasteiger partial charge is 0.384 e. The Kier molecular flexibility index (Phi) is 5.32. The van der Waals surface area contributed by atoms with Crippen LogP contribution in [0.15, 0.2) is 24.3 Å². The van der Waals surface area contributed by atoms with E-state index in [-0.39, 0.29) is 30.8 Å². The molecule has 118 valence electrons. The molecule has 1 aliphatic heterocycles. The summed E-state index contributed by atoms with van der Waals surface area (Å²) in [5.41, 5.74) is 0.534. The molecule has 21 heavy (non-hydrogen) atoms. The summed E-state index contributed by atoms with van der Waals surface area (Å²) in [6, 6.07) is 6.25. The fraction of sp³-hybridized carbons (Fsp3) is 0.571. The molecule has 0 aliphatic carbocycles. The summed E-state index contributed by atoms with van der Waals surface area (Å²) in [5.74, 6) is -0.345. The predicted octanol–water partition coefficient (Wildman–Crippen LogP) is 1.09. The maximum atomic E-state index is 14.0. The van der Waals surface area contributed by atoms with Crippen LogP contribution in [0, 0.1) is 5.82 Å². The number of benzene rings is 1. The van der Waals surface area contributed by atoms with E-state index in [4.69, 9.17) is 4.74 Å². The van der Waals surface area contributed by atoms with Gasteiger partial charge in [0, 0.05) is 32.3 Å². The first-order chi connectivity index (χ1) is 9.95. The monoisotopic (exact) mass is 316 g/mol. The highest BCUT2D eigenvalue weighted by Crippen LogP contribution is 2.27. The Balaban J connectivity index is 2.19. The molecule has 2 rings (SSSR count). The van der Waals surface area contributed by atoms with Crippen molar-refractivity contribution < 1.29 is 17.5 Å². The maximum Gasteiger partial charge on any atom is 0.216 e. The summed E-state index contributed by atoms with van der Waals surface area (Å²) in [6.45, 7) is 1.43. The van der Waals surface area contributed by atoms with Crippen molar-refractivity contribution in [1.29, 1.82) is 0 Å². The molecule has 1 unspecified atom stereocenters. The smallest absolute Gasteiger partial charge is 0.216 e. The van der Waals surface area contributed by atoms with E-state index in [1.54, 1.807) is 18.2 Å². The molecule has 0 spiro atoms. The third kappa shape index (κ3) is 3.79. The number of nitrogens with zero attached hydrogens (tertiary/aromatic N) is 2. The number of ether oxygens (including phenoxy) is 1. The number of piperazine rings is 1. The van der Waals surface area contributed by atoms with Gasteiger partial charge in [-0.2, -0.15) is 4.31 Å². The van der Waals surface area contributed by atoms with Crippen molar-refractivity contribution in [2.75, 3.05) is 46.2 Å². The molecule has 0 bridgehead atoms. The molecule has 1 saturated heterocycles. The van der Waals surface area contributed by atoms with Gasteiger partial charge in [-0.05, 0) is 13.1 Å². The third-order valence-electron chi connectivity index (χ3n) is 3.81. The predicted molar refractivity (Wildman–Crippen MR) is 79.0 cm³/mol. The lowest BCUT2D eigenvalue weighted by atomic mass is 10.0. The van der Waals surface area contributed by atoms with Gasteiger partial charge < -0.3 is 4.74 Å². The lowest BCUT2D eigenvalue weighted by Gasteiger charge is -2.39. The zero-order valence-corrected chi connectivity index (χ0v) is 13.1. The van der Waals surface area contributed by atoms with Gasteiger partial charge in [0.1, 0.15) is 5.82 Å². The molecule has 0 radical (unpaired) electrons. The fourth-order valence-electron chi connectivity index (χ4n) is 2.50. The highest BCUT2D eigenvalue weighted by Gasteiger charge is 2.33. The molecule has 1 fully saturated rings. The molecular formula is C14H21FN2O3S. The number of sulfonamides is 1. The molecule has 0 amide bonds. The summed E-state index contributed by atoms with van der Waals surface area (Å²) in [6.07, 6.45) is 0. The summed E-state index contributed by atoms with van der Waals surface area (Å²) < 4.78 is 44.7. The second-order valence-electron chi connectivity index (χ2n) is 5.18. The maximum absolute atomic E-state index is 14.0. The number of hydrogen-bond acceptors (Lipinski definition) is 4. The normalized spacial score (nSPS) is 21.6. The minimum atomic E-state index is -3.36. The van der Waals surface area contributed by atoms with E-state index in [1.165, 1.54) is 17.5 Å². The van der Waals surface area contributed by atoms with Gasteiger partial charge in [0.2, 0.25) is 10.0 Å². The van der Waals surface area contributed by atoms with Crippen molar-refractivity contribution in [1.82, 2.24) is 9.21 Å². The number of rotatable bonds is 5. The van der Waals surface area contributed by atoms with Crippen molar-refractivity contribution in [3.05, 3.63) is 35.6 Å². The molecule has 0 aromatic heterocycles. The Morgan fingerprint density at radius 3 is 2.71 bits per heavy atom. The summed E-state index contributed by atoms with van der Waals surface area (Å²) in [5, 5.41) is 0. The summed E-state index contributed by atoms with van der Waals surface area (Å²) >= 11 is 0. The highest BCUT2D eigenvalue weighted by atomic mass is 32.2. The zero-order valence-electron chi connectivity index (χ0n) is 12.3. The average molecular weight is 316 g/mol. The number of hydrogen-bond donors (Lipinski definition) is 0.